The molecule has 0 saturated heterocycles. The molecule has 2 aromatic heterocycles. The van der Waals surface area contributed by atoms with Crippen molar-refractivity contribution >= 4 is 44.4 Å². The third-order valence-electron chi connectivity index (χ3n) is 2.54. The maximum atomic E-state index is 10.1. The molecule has 1 N–H and O–H groups in total. The van der Waals surface area contributed by atoms with Crippen LogP contribution in [0.25, 0.3) is 21.8 Å². The zero-order valence-corrected chi connectivity index (χ0v) is 10.3. The van der Waals surface area contributed by atoms with Crippen LogP contribution in [0.3, 0.4) is 0 Å². The van der Waals surface area contributed by atoms with E-state index in [1.54, 1.807) is 12.4 Å². The number of fused-ring (bicyclic) bond motifs is 3. The van der Waals surface area contributed by atoms with Crippen molar-refractivity contribution in [1.82, 2.24) is 9.97 Å². The Morgan fingerprint density at radius 1 is 0.938 bits per heavy atom. The van der Waals surface area contributed by atoms with Crippen molar-refractivity contribution < 1.29 is 5.11 Å². The number of halogens is 1. The molecule has 0 spiro atoms. The zero-order valence-electron chi connectivity index (χ0n) is 8.18. The van der Waals surface area contributed by atoms with E-state index >= 15 is 0 Å². The van der Waals surface area contributed by atoms with Crippen LogP contribution in [0.2, 0.25) is 0 Å². The molecule has 2 heterocycles. The average molecular weight is 322 g/mol. The first kappa shape index (κ1) is 9.77. The summed E-state index contributed by atoms with van der Waals surface area (Å²) in [6.07, 6.45) is 3.43. The number of hydrogen-bond acceptors (Lipinski definition) is 3. The van der Waals surface area contributed by atoms with Gasteiger partial charge in [0.15, 0.2) is 5.75 Å². The van der Waals surface area contributed by atoms with Gasteiger partial charge in [0.25, 0.3) is 0 Å². The number of nitrogens with zero attached hydrogens (tertiary/aromatic N) is 2. The highest BCUT2D eigenvalue weighted by Gasteiger charge is 2.12. The molecular weight excluding hydrogens is 315 g/mol. The molecule has 0 amide bonds. The smallest absolute Gasteiger partial charge is 0.155 e. The van der Waals surface area contributed by atoms with Crippen LogP contribution >= 0.6 is 22.6 Å². The Kier molecular flexibility index (Phi) is 2.17. The molecule has 0 fully saturated rings. The van der Waals surface area contributed by atoms with E-state index in [-0.39, 0.29) is 5.75 Å². The van der Waals surface area contributed by atoms with Gasteiger partial charge in [-0.15, -0.1) is 0 Å². The largest absolute Gasteiger partial charge is 0.505 e. The van der Waals surface area contributed by atoms with E-state index in [0.29, 0.717) is 5.52 Å². The summed E-state index contributed by atoms with van der Waals surface area (Å²) >= 11 is 2.12. The topological polar surface area (TPSA) is 46.0 Å². The Labute approximate surface area is 105 Å². The molecule has 78 valence electrons. The summed E-state index contributed by atoms with van der Waals surface area (Å²) in [4.78, 5) is 8.55. The van der Waals surface area contributed by atoms with E-state index < -0.39 is 0 Å². The predicted octanol–water partition coefficient (Wildman–Crippen LogP) is 3.09. The summed E-state index contributed by atoms with van der Waals surface area (Å²) in [5, 5.41) is 11.9. The van der Waals surface area contributed by atoms with Crippen molar-refractivity contribution in [1.29, 1.82) is 0 Å². The first-order valence-electron chi connectivity index (χ1n) is 4.79. The van der Waals surface area contributed by atoms with Gasteiger partial charge in [-0.25, -0.2) is 0 Å². The molecule has 0 unspecified atom stereocenters. The standard InChI is InChI=1S/C12H7IN2O/c13-9-7-3-1-5-14-10(7)8-4-2-6-15-11(8)12(9)16/h1-6,16H. The van der Waals surface area contributed by atoms with Crippen molar-refractivity contribution in [2.75, 3.05) is 0 Å². The third-order valence-corrected chi connectivity index (χ3v) is 3.63. The molecule has 3 rings (SSSR count). The van der Waals surface area contributed by atoms with Crippen LogP contribution in [-0.4, -0.2) is 15.1 Å². The minimum Gasteiger partial charge on any atom is -0.505 e. The van der Waals surface area contributed by atoms with E-state index in [2.05, 4.69) is 32.6 Å². The van der Waals surface area contributed by atoms with Crippen molar-refractivity contribution in [2.45, 2.75) is 0 Å². The maximum Gasteiger partial charge on any atom is 0.155 e. The molecule has 0 aliphatic rings. The summed E-state index contributed by atoms with van der Waals surface area (Å²) in [7, 11) is 0. The zero-order chi connectivity index (χ0) is 11.1. The summed E-state index contributed by atoms with van der Waals surface area (Å²) in [6.45, 7) is 0. The highest BCUT2D eigenvalue weighted by molar-refractivity contribution is 14.1. The van der Waals surface area contributed by atoms with E-state index in [0.717, 1.165) is 19.9 Å². The Balaban J connectivity index is 2.69. The Hall–Kier alpha value is -1.43. The lowest BCUT2D eigenvalue weighted by Gasteiger charge is -2.07. The van der Waals surface area contributed by atoms with Crippen LogP contribution in [0.15, 0.2) is 36.7 Å². The number of aromatic nitrogens is 2. The first-order valence-corrected chi connectivity index (χ1v) is 5.87. The van der Waals surface area contributed by atoms with Crippen LogP contribution in [0.1, 0.15) is 0 Å². The van der Waals surface area contributed by atoms with Gasteiger partial charge in [0.2, 0.25) is 0 Å². The lowest BCUT2D eigenvalue weighted by molar-refractivity contribution is 0.477. The van der Waals surface area contributed by atoms with Gasteiger partial charge >= 0.3 is 0 Å². The average Bonchev–Trinajstić information content (AvgIpc) is 2.36. The highest BCUT2D eigenvalue weighted by Crippen LogP contribution is 2.35. The van der Waals surface area contributed by atoms with Crippen molar-refractivity contribution in [3.63, 3.8) is 0 Å². The predicted molar refractivity (Wildman–Crippen MR) is 71.4 cm³/mol. The van der Waals surface area contributed by atoms with Crippen LogP contribution in [0.4, 0.5) is 0 Å². The lowest BCUT2D eigenvalue weighted by Crippen LogP contribution is -1.88. The number of phenolic OH excluding ortho intramolecular Hbond substituents is 1. The fraction of sp³-hybridized carbons (Fsp3) is 0. The second kappa shape index (κ2) is 3.55. The van der Waals surface area contributed by atoms with Crippen molar-refractivity contribution in [2.24, 2.45) is 0 Å². The van der Waals surface area contributed by atoms with Gasteiger partial charge < -0.3 is 5.11 Å². The summed E-state index contributed by atoms with van der Waals surface area (Å²) in [5.74, 6) is 0.233. The van der Waals surface area contributed by atoms with Gasteiger partial charge in [0.05, 0.1) is 9.09 Å². The van der Waals surface area contributed by atoms with Crippen LogP contribution < -0.4 is 0 Å². The quantitative estimate of drug-likeness (QED) is 0.511. The fourth-order valence-corrected chi connectivity index (χ4v) is 2.50. The Morgan fingerprint density at radius 2 is 1.56 bits per heavy atom. The molecular formula is C12H7IN2O. The Bertz CT molecular complexity index is 636. The van der Waals surface area contributed by atoms with Crippen LogP contribution in [0.5, 0.6) is 5.75 Å². The van der Waals surface area contributed by atoms with Gasteiger partial charge in [-0.3, -0.25) is 9.97 Å². The van der Waals surface area contributed by atoms with E-state index in [9.17, 15) is 5.11 Å². The second-order valence-electron chi connectivity index (χ2n) is 3.46. The lowest BCUT2D eigenvalue weighted by atomic mass is 10.1. The number of phenols is 1. The molecule has 4 heteroatoms. The number of aromatic hydroxyl groups is 1. The molecule has 0 atom stereocenters. The normalized spacial score (nSPS) is 11.1. The molecule has 3 nitrogen and oxygen atoms in total. The number of pyridine rings is 2. The van der Waals surface area contributed by atoms with Crippen molar-refractivity contribution in [3.05, 3.63) is 40.2 Å². The minimum atomic E-state index is 0.233. The summed E-state index contributed by atoms with van der Waals surface area (Å²) in [6, 6.07) is 7.60. The monoisotopic (exact) mass is 322 g/mol. The molecule has 16 heavy (non-hydrogen) atoms. The van der Waals surface area contributed by atoms with E-state index in [1.165, 1.54) is 0 Å². The molecule has 0 bridgehead atoms. The number of hydrogen-bond donors (Lipinski definition) is 1. The summed E-state index contributed by atoms with van der Waals surface area (Å²) < 4.78 is 0.798. The second-order valence-corrected chi connectivity index (χ2v) is 4.54. The summed E-state index contributed by atoms with van der Waals surface area (Å²) in [5.41, 5.74) is 1.49. The molecule has 0 radical (unpaired) electrons. The number of benzene rings is 1. The van der Waals surface area contributed by atoms with Gasteiger partial charge in [-0.2, -0.15) is 0 Å². The number of rotatable bonds is 0. The molecule has 1 aromatic carbocycles. The maximum absolute atomic E-state index is 10.1. The van der Waals surface area contributed by atoms with Gasteiger partial charge in [-0.05, 0) is 40.8 Å². The van der Waals surface area contributed by atoms with Crippen LogP contribution in [0, 0.1) is 3.57 Å². The third kappa shape index (κ3) is 1.26. The molecule has 0 saturated carbocycles. The van der Waals surface area contributed by atoms with E-state index in [1.807, 2.05) is 24.3 Å². The van der Waals surface area contributed by atoms with Crippen molar-refractivity contribution in [3.8, 4) is 5.75 Å². The van der Waals surface area contributed by atoms with Gasteiger partial charge in [0, 0.05) is 23.2 Å². The Morgan fingerprint density at radius 3 is 2.31 bits per heavy atom. The van der Waals surface area contributed by atoms with Gasteiger partial charge in [-0.1, -0.05) is 6.07 Å². The molecule has 0 aliphatic heterocycles. The minimum absolute atomic E-state index is 0.233. The van der Waals surface area contributed by atoms with Crippen LogP contribution in [-0.2, 0) is 0 Å². The molecule has 0 aliphatic carbocycles. The molecule has 3 aromatic rings. The van der Waals surface area contributed by atoms with E-state index in [4.69, 9.17) is 0 Å². The SMILES string of the molecule is Oc1c(I)c2cccnc2c2cccnc12. The highest BCUT2D eigenvalue weighted by atomic mass is 127. The van der Waals surface area contributed by atoms with Gasteiger partial charge in [0.1, 0.15) is 5.52 Å². The first-order chi connectivity index (χ1) is 7.79. The fourth-order valence-electron chi connectivity index (χ4n) is 1.81.